The third kappa shape index (κ3) is 2.98. The van der Waals surface area contributed by atoms with Crippen LogP contribution in [0.2, 0.25) is 5.02 Å². The maximum atomic E-state index is 13.3. The maximum Gasteiger partial charge on any atom is 0.152 e. The van der Waals surface area contributed by atoms with Crippen molar-refractivity contribution in [2.24, 2.45) is 7.05 Å². The predicted octanol–water partition coefficient (Wildman–Crippen LogP) is 3.49. The Morgan fingerprint density at radius 3 is 2.79 bits per heavy atom. The molecule has 0 bridgehead atoms. The average molecular weight is 283 g/mol. The number of hydrogen-bond donors (Lipinski definition) is 2. The van der Waals surface area contributed by atoms with Gasteiger partial charge in [0.1, 0.15) is 5.82 Å². The Kier molecular flexibility index (Phi) is 3.95. The smallest absolute Gasteiger partial charge is 0.152 e. The summed E-state index contributed by atoms with van der Waals surface area (Å²) >= 11 is 5.82. The quantitative estimate of drug-likeness (QED) is 0.902. The standard InChI is InChI=1S/C13H16ClFN4/c1-3-4-11-12(16)13(19(2)18-11)17-10-6-8(14)5-9(15)7-10/h5-7,17H,3-4,16H2,1-2H3. The molecule has 0 amide bonds. The molecule has 0 aliphatic rings. The van der Waals surface area contributed by atoms with E-state index < -0.39 is 5.82 Å². The van der Waals surface area contributed by atoms with Gasteiger partial charge < -0.3 is 11.1 Å². The monoisotopic (exact) mass is 282 g/mol. The first-order valence-corrected chi connectivity index (χ1v) is 6.43. The summed E-state index contributed by atoms with van der Waals surface area (Å²) in [7, 11) is 1.79. The summed E-state index contributed by atoms with van der Waals surface area (Å²) in [6.45, 7) is 2.06. The Hall–Kier alpha value is -1.75. The minimum Gasteiger partial charge on any atom is -0.394 e. The molecule has 3 N–H and O–H groups in total. The minimum atomic E-state index is -0.399. The number of aryl methyl sites for hydroxylation is 2. The second-order valence-electron chi connectivity index (χ2n) is 4.37. The first-order chi connectivity index (χ1) is 9.01. The molecule has 4 nitrogen and oxygen atoms in total. The highest BCUT2D eigenvalue weighted by molar-refractivity contribution is 6.30. The van der Waals surface area contributed by atoms with Gasteiger partial charge >= 0.3 is 0 Å². The zero-order valence-electron chi connectivity index (χ0n) is 10.9. The van der Waals surface area contributed by atoms with E-state index in [0.717, 1.165) is 18.5 Å². The molecule has 1 heterocycles. The summed E-state index contributed by atoms with van der Waals surface area (Å²) in [5, 5.41) is 7.73. The van der Waals surface area contributed by atoms with Crippen molar-refractivity contribution < 1.29 is 4.39 Å². The van der Waals surface area contributed by atoms with Crippen molar-refractivity contribution in [2.75, 3.05) is 11.1 Å². The largest absolute Gasteiger partial charge is 0.394 e. The Bertz CT molecular complexity index is 574. The molecule has 0 fully saturated rings. The molecular weight excluding hydrogens is 267 g/mol. The van der Waals surface area contributed by atoms with E-state index in [2.05, 4.69) is 17.3 Å². The van der Waals surface area contributed by atoms with Crippen molar-refractivity contribution >= 4 is 28.8 Å². The molecule has 19 heavy (non-hydrogen) atoms. The van der Waals surface area contributed by atoms with Crippen LogP contribution < -0.4 is 11.1 Å². The average Bonchev–Trinajstić information content (AvgIpc) is 2.56. The van der Waals surface area contributed by atoms with Crippen LogP contribution in [0, 0.1) is 5.82 Å². The fourth-order valence-electron chi connectivity index (χ4n) is 1.93. The second kappa shape index (κ2) is 5.48. The summed E-state index contributed by atoms with van der Waals surface area (Å²) in [4.78, 5) is 0. The van der Waals surface area contributed by atoms with Gasteiger partial charge in [0.2, 0.25) is 0 Å². The van der Waals surface area contributed by atoms with Crippen LogP contribution in [0.3, 0.4) is 0 Å². The Morgan fingerprint density at radius 1 is 1.42 bits per heavy atom. The molecule has 0 spiro atoms. The van der Waals surface area contributed by atoms with Crippen molar-refractivity contribution in [3.05, 3.63) is 34.7 Å². The fourth-order valence-corrected chi connectivity index (χ4v) is 2.15. The molecule has 0 atom stereocenters. The summed E-state index contributed by atoms with van der Waals surface area (Å²) in [5.41, 5.74) is 8.02. The lowest BCUT2D eigenvalue weighted by molar-refractivity contribution is 0.628. The number of anilines is 3. The molecule has 0 aliphatic heterocycles. The Balaban J connectivity index is 2.32. The summed E-state index contributed by atoms with van der Waals surface area (Å²) in [5.74, 6) is 0.245. The number of hydrogen-bond acceptors (Lipinski definition) is 3. The third-order valence-electron chi connectivity index (χ3n) is 2.77. The van der Waals surface area contributed by atoms with Crippen LogP contribution in [0.15, 0.2) is 18.2 Å². The zero-order valence-corrected chi connectivity index (χ0v) is 11.6. The lowest BCUT2D eigenvalue weighted by Gasteiger charge is -2.08. The summed E-state index contributed by atoms with van der Waals surface area (Å²) in [6, 6.07) is 4.25. The van der Waals surface area contributed by atoms with Crippen molar-refractivity contribution in [1.82, 2.24) is 9.78 Å². The van der Waals surface area contributed by atoms with Crippen LogP contribution >= 0.6 is 11.6 Å². The molecule has 1 aromatic heterocycles. The van der Waals surface area contributed by atoms with E-state index in [1.807, 2.05) is 0 Å². The molecule has 0 unspecified atom stereocenters. The number of nitrogen functional groups attached to an aromatic ring is 1. The molecule has 0 radical (unpaired) electrons. The zero-order chi connectivity index (χ0) is 14.0. The Morgan fingerprint density at radius 2 is 2.16 bits per heavy atom. The highest BCUT2D eigenvalue weighted by atomic mass is 35.5. The van der Waals surface area contributed by atoms with Crippen LogP contribution in [0.1, 0.15) is 19.0 Å². The van der Waals surface area contributed by atoms with E-state index >= 15 is 0 Å². The van der Waals surface area contributed by atoms with Gasteiger partial charge in [-0.05, 0) is 24.6 Å². The van der Waals surface area contributed by atoms with E-state index in [1.54, 1.807) is 17.8 Å². The van der Waals surface area contributed by atoms with Crippen molar-refractivity contribution in [2.45, 2.75) is 19.8 Å². The third-order valence-corrected chi connectivity index (χ3v) is 2.99. The van der Waals surface area contributed by atoms with Gasteiger partial charge in [0.15, 0.2) is 5.82 Å². The van der Waals surface area contributed by atoms with Gasteiger partial charge in [-0.3, -0.25) is 4.68 Å². The number of nitrogens with one attached hydrogen (secondary N) is 1. The van der Waals surface area contributed by atoms with Crippen molar-refractivity contribution in [1.29, 1.82) is 0 Å². The lowest BCUT2D eigenvalue weighted by atomic mass is 10.2. The number of rotatable bonds is 4. The molecule has 2 aromatic rings. The van der Waals surface area contributed by atoms with Crippen LogP contribution in [-0.2, 0) is 13.5 Å². The minimum absolute atomic E-state index is 0.331. The first-order valence-electron chi connectivity index (χ1n) is 6.05. The summed E-state index contributed by atoms with van der Waals surface area (Å²) in [6.07, 6.45) is 1.78. The summed E-state index contributed by atoms with van der Waals surface area (Å²) < 4.78 is 14.9. The van der Waals surface area contributed by atoms with Crippen LogP contribution in [0.25, 0.3) is 0 Å². The highest BCUT2D eigenvalue weighted by Crippen LogP contribution is 2.28. The van der Waals surface area contributed by atoms with E-state index in [4.69, 9.17) is 17.3 Å². The number of halogens is 2. The van der Waals surface area contributed by atoms with Gasteiger partial charge in [0, 0.05) is 17.8 Å². The van der Waals surface area contributed by atoms with Gasteiger partial charge in [-0.1, -0.05) is 24.9 Å². The normalized spacial score (nSPS) is 10.7. The van der Waals surface area contributed by atoms with E-state index in [9.17, 15) is 4.39 Å². The van der Waals surface area contributed by atoms with E-state index in [-0.39, 0.29) is 0 Å². The molecule has 102 valence electrons. The van der Waals surface area contributed by atoms with Crippen LogP contribution in [0.5, 0.6) is 0 Å². The second-order valence-corrected chi connectivity index (χ2v) is 4.80. The molecule has 0 saturated carbocycles. The van der Waals surface area contributed by atoms with E-state index in [0.29, 0.717) is 22.2 Å². The molecule has 0 aliphatic carbocycles. The molecule has 6 heteroatoms. The van der Waals surface area contributed by atoms with E-state index in [1.165, 1.54) is 12.1 Å². The predicted molar refractivity (Wildman–Crippen MR) is 76.3 cm³/mol. The van der Waals surface area contributed by atoms with Crippen LogP contribution in [-0.4, -0.2) is 9.78 Å². The van der Waals surface area contributed by atoms with Gasteiger partial charge in [-0.15, -0.1) is 0 Å². The maximum absolute atomic E-state index is 13.3. The topological polar surface area (TPSA) is 55.9 Å². The van der Waals surface area contributed by atoms with Crippen LogP contribution in [0.4, 0.5) is 21.6 Å². The van der Waals surface area contributed by atoms with Gasteiger partial charge in [-0.25, -0.2) is 4.39 Å². The molecule has 2 rings (SSSR count). The number of benzene rings is 1. The van der Waals surface area contributed by atoms with Crippen molar-refractivity contribution in [3.63, 3.8) is 0 Å². The number of nitrogens with two attached hydrogens (primary N) is 1. The first kappa shape index (κ1) is 13.7. The fraction of sp³-hybridized carbons (Fsp3) is 0.308. The lowest BCUT2D eigenvalue weighted by Crippen LogP contribution is -2.01. The Labute approximate surface area is 116 Å². The SMILES string of the molecule is CCCc1nn(C)c(Nc2cc(F)cc(Cl)c2)c1N. The molecular formula is C13H16ClFN4. The molecule has 1 aromatic carbocycles. The van der Waals surface area contributed by atoms with Gasteiger partial charge in [-0.2, -0.15) is 5.10 Å². The highest BCUT2D eigenvalue weighted by Gasteiger charge is 2.13. The number of aromatic nitrogens is 2. The molecule has 0 saturated heterocycles. The van der Waals surface area contributed by atoms with Crippen molar-refractivity contribution in [3.8, 4) is 0 Å². The van der Waals surface area contributed by atoms with Gasteiger partial charge in [0.05, 0.1) is 11.4 Å². The van der Waals surface area contributed by atoms with Gasteiger partial charge in [0.25, 0.3) is 0 Å². The number of nitrogens with zero attached hydrogens (tertiary/aromatic N) is 2.